The van der Waals surface area contributed by atoms with Crippen molar-refractivity contribution in [3.63, 3.8) is 0 Å². The van der Waals surface area contributed by atoms with Gasteiger partial charge in [0.05, 0.1) is 10.5 Å². The first-order chi connectivity index (χ1) is 13.1. The number of nitrogens with one attached hydrogen (secondary N) is 1. The summed E-state index contributed by atoms with van der Waals surface area (Å²) in [5, 5.41) is 3.14. The van der Waals surface area contributed by atoms with Gasteiger partial charge in [0.15, 0.2) is 0 Å². The van der Waals surface area contributed by atoms with Crippen molar-refractivity contribution in [1.82, 2.24) is 14.3 Å². The van der Waals surface area contributed by atoms with Crippen LogP contribution in [0.15, 0.2) is 34.1 Å². The van der Waals surface area contributed by atoms with E-state index in [2.05, 4.69) is 10.3 Å². The number of carbonyl (C=O) groups excluding carboxylic acids is 1. The molecule has 2 aromatic heterocycles. The number of fused-ring (bicyclic) bond motifs is 1. The highest BCUT2D eigenvalue weighted by Crippen LogP contribution is 2.38. The molecular formula is C19H20N4O2S2. The molecule has 1 saturated heterocycles. The summed E-state index contributed by atoms with van der Waals surface area (Å²) in [6.45, 7) is 2.57. The lowest BCUT2D eigenvalue weighted by atomic mass is 10.2. The van der Waals surface area contributed by atoms with E-state index in [0.717, 1.165) is 25.7 Å². The van der Waals surface area contributed by atoms with Crippen LogP contribution in [0.25, 0.3) is 11.7 Å². The molecule has 0 radical (unpaired) electrons. The van der Waals surface area contributed by atoms with Gasteiger partial charge in [-0.1, -0.05) is 42.9 Å². The minimum Gasteiger partial charge on any atom is -0.370 e. The number of aromatic nitrogens is 2. The Kier molecular flexibility index (Phi) is 5.01. The second-order valence-electron chi connectivity index (χ2n) is 6.63. The Balaban J connectivity index is 1.79. The molecular weight excluding hydrogens is 380 g/mol. The van der Waals surface area contributed by atoms with E-state index in [9.17, 15) is 9.59 Å². The smallest absolute Gasteiger partial charge is 0.267 e. The highest BCUT2D eigenvalue weighted by Gasteiger charge is 2.38. The van der Waals surface area contributed by atoms with Crippen LogP contribution in [-0.2, 0) is 4.79 Å². The van der Waals surface area contributed by atoms with E-state index in [-0.39, 0.29) is 17.5 Å². The molecule has 0 bridgehead atoms. The van der Waals surface area contributed by atoms with Crippen molar-refractivity contribution in [1.29, 1.82) is 0 Å². The summed E-state index contributed by atoms with van der Waals surface area (Å²) in [7, 11) is 0. The molecule has 2 aliphatic rings. The third-order valence-corrected chi connectivity index (χ3v) is 6.23. The molecule has 2 fully saturated rings. The van der Waals surface area contributed by atoms with Crippen LogP contribution < -0.4 is 10.9 Å². The zero-order valence-corrected chi connectivity index (χ0v) is 16.6. The number of rotatable bonds is 4. The molecule has 1 aliphatic heterocycles. The lowest BCUT2D eigenvalue weighted by Crippen LogP contribution is -2.36. The summed E-state index contributed by atoms with van der Waals surface area (Å²) >= 11 is 6.72. The average molecular weight is 401 g/mol. The number of hydrogen-bond donors (Lipinski definition) is 1. The van der Waals surface area contributed by atoms with Crippen LogP contribution in [0.3, 0.4) is 0 Å². The van der Waals surface area contributed by atoms with Gasteiger partial charge in [-0.2, -0.15) is 0 Å². The molecule has 4 rings (SSSR count). The van der Waals surface area contributed by atoms with Crippen LogP contribution >= 0.6 is 24.0 Å². The zero-order chi connectivity index (χ0) is 19.0. The molecule has 0 unspecified atom stereocenters. The summed E-state index contributed by atoms with van der Waals surface area (Å²) < 4.78 is 2.07. The van der Waals surface area contributed by atoms with E-state index in [1.54, 1.807) is 29.3 Å². The largest absolute Gasteiger partial charge is 0.370 e. The Hall–Kier alpha value is -2.19. The lowest BCUT2D eigenvalue weighted by Gasteiger charge is -2.21. The number of hydrogen-bond acceptors (Lipinski definition) is 6. The quantitative estimate of drug-likeness (QED) is 0.628. The van der Waals surface area contributed by atoms with Crippen molar-refractivity contribution in [3.05, 3.63) is 45.2 Å². The maximum atomic E-state index is 13.0. The van der Waals surface area contributed by atoms with Crippen molar-refractivity contribution < 1.29 is 4.79 Å². The Morgan fingerprint density at radius 1 is 1.33 bits per heavy atom. The fourth-order valence-corrected chi connectivity index (χ4v) is 5.01. The monoisotopic (exact) mass is 400 g/mol. The van der Waals surface area contributed by atoms with E-state index in [1.807, 2.05) is 13.0 Å². The Labute approximate surface area is 166 Å². The topological polar surface area (TPSA) is 66.7 Å². The summed E-state index contributed by atoms with van der Waals surface area (Å²) in [6.07, 6.45) is 7.55. The summed E-state index contributed by atoms with van der Waals surface area (Å²) in [5.74, 6) is 0.386. The number of amides is 1. The normalized spacial score (nSPS) is 19.6. The predicted molar refractivity (Wildman–Crippen MR) is 113 cm³/mol. The predicted octanol–water partition coefficient (Wildman–Crippen LogP) is 3.27. The molecule has 140 valence electrons. The van der Waals surface area contributed by atoms with Gasteiger partial charge in [-0.25, -0.2) is 4.98 Å². The summed E-state index contributed by atoms with van der Waals surface area (Å²) in [5.41, 5.74) is 0.740. The minimum absolute atomic E-state index is 0.100. The fraction of sp³-hybridized carbons (Fsp3) is 0.368. The van der Waals surface area contributed by atoms with E-state index in [0.29, 0.717) is 32.8 Å². The van der Waals surface area contributed by atoms with Crippen LogP contribution in [0.1, 0.15) is 38.2 Å². The maximum absolute atomic E-state index is 13.0. The average Bonchev–Trinajstić information content (AvgIpc) is 3.27. The van der Waals surface area contributed by atoms with Crippen molar-refractivity contribution >= 4 is 51.7 Å². The zero-order valence-electron chi connectivity index (χ0n) is 15.0. The van der Waals surface area contributed by atoms with E-state index >= 15 is 0 Å². The molecule has 8 heteroatoms. The number of thiocarbonyl (C=S) groups is 1. The van der Waals surface area contributed by atoms with Crippen molar-refractivity contribution in [3.8, 4) is 0 Å². The van der Waals surface area contributed by atoms with Gasteiger partial charge in [0.25, 0.3) is 11.5 Å². The Morgan fingerprint density at radius 3 is 2.85 bits per heavy atom. The molecule has 3 heterocycles. The van der Waals surface area contributed by atoms with E-state index in [1.165, 1.54) is 16.2 Å². The van der Waals surface area contributed by atoms with Gasteiger partial charge in [0, 0.05) is 18.8 Å². The molecule has 1 N–H and O–H groups in total. The molecule has 6 nitrogen and oxygen atoms in total. The van der Waals surface area contributed by atoms with Gasteiger partial charge >= 0.3 is 0 Å². The summed E-state index contributed by atoms with van der Waals surface area (Å²) in [4.78, 5) is 32.7. The second-order valence-corrected chi connectivity index (χ2v) is 8.30. The standard InChI is InChI=1S/C19H20N4O2S2/c1-2-20-16-13(17(24)22-10-6-5-9-15(22)21-16)11-14-18(25)23(19(26)27-14)12-7-3-4-8-12/h5-6,9-12,20H,2-4,7-8H2,1H3/b14-11+. The van der Waals surface area contributed by atoms with Crippen molar-refractivity contribution in [2.45, 2.75) is 38.6 Å². The van der Waals surface area contributed by atoms with Gasteiger partial charge in [-0.15, -0.1) is 0 Å². The number of pyridine rings is 1. The lowest BCUT2D eigenvalue weighted by molar-refractivity contribution is -0.123. The summed E-state index contributed by atoms with van der Waals surface area (Å²) in [6, 6.07) is 5.59. The van der Waals surface area contributed by atoms with Crippen LogP contribution in [0.4, 0.5) is 5.82 Å². The van der Waals surface area contributed by atoms with Gasteiger partial charge < -0.3 is 5.32 Å². The van der Waals surface area contributed by atoms with Gasteiger partial charge in [-0.3, -0.25) is 18.9 Å². The van der Waals surface area contributed by atoms with E-state index in [4.69, 9.17) is 12.2 Å². The number of thioether (sulfide) groups is 1. The van der Waals surface area contributed by atoms with Gasteiger partial charge in [0.2, 0.25) is 0 Å². The van der Waals surface area contributed by atoms with Crippen LogP contribution in [0.5, 0.6) is 0 Å². The number of anilines is 1. The second kappa shape index (κ2) is 7.44. The van der Waals surface area contributed by atoms with Crippen molar-refractivity contribution in [2.24, 2.45) is 0 Å². The maximum Gasteiger partial charge on any atom is 0.267 e. The first-order valence-corrected chi connectivity index (χ1v) is 10.3. The van der Waals surface area contributed by atoms with E-state index < -0.39 is 0 Å². The molecule has 1 aliphatic carbocycles. The Morgan fingerprint density at radius 2 is 2.11 bits per heavy atom. The van der Waals surface area contributed by atoms with Crippen molar-refractivity contribution in [2.75, 3.05) is 11.9 Å². The van der Waals surface area contributed by atoms with Crippen LogP contribution in [0.2, 0.25) is 0 Å². The number of nitrogens with zero attached hydrogens (tertiary/aromatic N) is 3. The minimum atomic E-state index is -0.206. The van der Waals surface area contributed by atoms with Crippen LogP contribution in [0, 0.1) is 0 Å². The highest BCUT2D eigenvalue weighted by molar-refractivity contribution is 8.26. The van der Waals surface area contributed by atoms with Gasteiger partial charge in [0.1, 0.15) is 15.8 Å². The Bertz CT molecular complexity index is 1010. The molecule has 0 spiro atoms. The molecule has 0 aromatic carbocycles. The van der Waals surface area contributed by atoms with Crippen LogP contribution in [-0.4, -0.2) is 37.1 Å². The molecule has 0 atom stereocenters. The first kappa shape index (κ1) is 18.2. The SMILES string of the molecule is CCNc1nc2ccccn2c(=O)c1/C=C1/SC(=S)N(C2CCCC2)C1=O. The first-order valence-electron chi connectivity index (χ1n) is 9.12. The fourth-order valence-electron chi connectivity index (χ4n) is 3.62. The third kappa shape index (κ3) is 3.27. The highest BCUT2D eigenvalue weighted by atomic mass is 32.2. The molecule has 1 saturated carbocycles. The third-order valence-electron chi connectivity index (χ3n) is 4.90. The molecule has 1 amide bonds. The molecule has 2 aromatic rings. The number of carbonyl (C=O) groups is 1. The molecule has 27 heavy (non-hydrogen) atoms. The van der Waals surface area contributed by atoms with Gasteiger partial charge in [-0.05, 0) is 38.0 Å².